The third-order valence-corrected chi connectivity index (χ3v) is 5.98. The van der Waals surface area contributed by atoms with E-state index in [1.807, 2.05) is 37.3 Å². The Morgan fingerprint density at radius 2 is 1.63 bits per heavy atom. The molecule has 0 bridgehead atoms. The summed E-state index contributed by atoms with van der Waals surface area (Å²) in [5.74, 6) is 0.123. The predicted octanol–water partition coefficient (Wildman–Crippen LogP) is 3.50. The molecule has 1 heterocycles. The summed E-state index contributed by atoms with van der Waals surface area (Å²) in [5, 5.41) is 3.01. The van der Waals surface area contributed by atoms with Gasteiger partial charge in [0, 0.05) is 43.3 Å². The van der Waals surface area contributed by atoms with Crippen molar-refractivity contribution in [2.45, 2.75) is 23.5 Å². The van der Waals surface area contributed by atoms with Gasteiger partial charge in [0.15, 0.2) is 0 Å². The molecular formula is C22H29N3OS. The van der Waals surface area contributed by atoms with Crippen LogP contribution in [0.4, 0.5) is 5.69 Å². The third-order valence-electron chi connectivity index (χ3n) is 4.87. The summed E-state index contributed by atoms with van der Waals surface area (Å²) in [7, 11) is 0. The highest BCUT2D eigenvalue weighted by molar-refractivity contribution is 8.00. The number of hydrogen-bond acceptors (Lipinski definition) is 4. The summed E-state index contributed by atoms with van der Waals surface area (Å²) in [4.78, 5) is 18.3. The summed E-state index contributed by atoms with van der Waals surface area (Å²) < 4.78 is 0. The first-order valence-electron chi connectivity index (χ1n) is 9.74. The van der Waals surface area contributed by atoms with Gasteiger partial charge in [-0.2, -0.15) is 0 Å². The number of benzene rings is 2. The highest BCUT2D eigenvalue weighted by Gasteiger charge is 2.17. The number of amides is 1. The minimum absolute atomic E-state index is 0.0678. The van der Waals surface area contributed by atoms with Crippen molar-refractivity contribution < 1.29 is 4.79 Å². The molecule has 1 unspecified atom stereocenters. The van der Waals surface area contributed by atoms with Crippen molar-refractivity contribution in [3.8, 4) is 0 Å². The molecule has 5 heteroatoms. The molecule has 1 saturated heterocycles. The molecule has 1 atom stereocenters. The minimum atomic E-state index is -0.0678. The number of rotatable bonds is 8. The second-order valence-electron chi connectivity index (χ2n) is 6.88. The zero-order chi connectivity index (χ0) is 18.9. The van der Waals surface area contributed by atoms with E-state index < -0.39 is 0 Å². The van der Waals surface area contributed by atoms with Crippen LogP contribution >= 0.6 is 11.8 Å². The van der Waals surface area contributed by atoms with Crippen LogP contribution in [0.5, 0.6) is 0 Å². The smallest absolute Gasteiger partial charge is 0.233 e. The number of para-hydroxylation sites is 1. The van der Waals surface area contributed by atoms with Gasteiger partial charge in [-0.05, 0) is 44.2 Å². The maximum absolute atomic E-state index is 12.2. The van der Waals surface area contributed by atoms with Crippen LogP contribution in [-0.4, -0.2) is 55.3 Å². The van der Waals surface area contributed by atoms with Crippen molar-refractivity contribution in [3.63, 3.8) is 0 Å². The maximum Gasteiger partial charge on any atom is 0.233 e. The Labute approximate surface area is 166 Å². The number of hydrogen-bond donors (Lipinski definition) is 1. The fourth-order valence-corrected chi connectivity index (χ4v) is 4.20. The summed E-state index contributed by atoms with van der Waals surface area (Å²) in [6.07, 6.45) is 1.000. The lowest BCUT2D eigenvalue weighted by Crippen LogP contribution is -2.47. The quantitative estimate of drug-likeness (QED) is 0.559. The van der Waals surface area contributed by atoms with Gasteiger partial charge in [0.1, 0.15) is 0 Å². The number of nitrogens with one attached hydrogen (secondary N) is 1. The highest BCUT2D eigenvalue weighted by atomic mass is 32.2. The Bertz CT molecular complexity index is 687. The largest absolute Gasteiger partial charge is 0.369 e. The van der Waals surface area contributed by atoms with E-state index in [0.717, 1.165) is 50.6 Å². The molecule has 0 aromatic heterocycles. The van der Waals surface area contributed by atoms with Crippen molar-refractivity contribution in [1.29, 1.82) is 0 Å². The molecular weight excluding hydrogens is 354 g/mol. The van der Waals surface area contributed by atoms with Gasteiger partial charge < -0.3 is 10.2 Å². The fraction of sp³-hybridized carbons (Fsp3) is 0.409. The average Bonchev–Trinajstić information content (AvgIpc) is 2.73. The molecule has 2 aromatic rings. The average molecular weight is 384 g/mol. The lowest BCUT2D eigenvalue weighted by molar-refractivity contribution is -0.120. The molecule has 0 saturated carbocycles. The minimum Gasteiger partial charge on any atom is -0.369 e. The second-order valence-corrected chi connectivity index (χ2v) is 8.30. The first-order chi connectivity index (χ1) is 13.2. The zero-order valence-corrected chi connectivity index (χ0v) is 16.8. The standard InChI is InChI=1S/C22H29N3OS/c1-19(27-21-11-6-3-7-12-21)22(26)23-13-8-14-24-15-17-25(18-16-24)20-9-4-2-5-10-20/h2-7,9-12,19H,8,13-18H2,1H3,(H,23,26). The molecule has 1 aliphatic rings. The topological polar surface area (TPSA) is 35.6 Å². The monoisotopic (exact) mass is 383 g/mol. The molecule has 1 amide bonds. The van der Waals surface area contributed by atoms with Crippen molar-refractivity contribution in [2.75, 3.05) is 44.2 Å². The number of thioether (sulfide) groups is 1. The lowest BCUT2D eigenvalue weighted by atomic mass is 10.2. The van der Waals surface area contributed by atoms with Crippen LogP contribution in [0.2, 0.25) is 0 Å². The van der Waals surface area contributed by atoms with Gasteiger partial charge in [-0.3, -0.25) is 9.69 Å². The van der Waals surface area contributed by atoms with E-state index in [2.05, 4.69) is 45.4 Å². The first-order valence-corrected chi connectivity index (χ1v) is 10.6. The van der Waals surface area contributed by atoms with Crippen molar-refractivity contribution in [1.82, 2.24) is 10.2 Å². The van der Waals surface area contributed by atoms with Gasteiger partial charge >= 0.3 is 0 Å². The van der Waals surface area contributed by atoms with Gasteiger partial charge in [0.25, 0.3) is 0 Å². The van der Waals surface area contributed by atoms with E-state index >= 15 is 0 Å². The predicted molar refractivity (Wildman–Crippen MR) is 114 cm³/mol. The normalized spacial score (nSPS) is 16.1. The Morgan fingerprint density at radius 3 is 2.30 bits per heavy atom. The molecule has 0 spiro atoms. The Kier molecular flexibility index (Phi) is 7.60. The second kappa shape index (κ2) is 10.4. The molecule has 2 aromatic carbocycles. The zero-order valence-electron chi connectivity index (χ0n) is 16.0. The summed E-state index contributed by atoms with van der Waals surface area (Å²) in [6.45, 7) is 8.07. The van der Waals surface area contributed by atoms with Crippen LogP contribution in [-0.2, 0) is 4.79 Å². The van der Waals surface area contributed by atoms with E-state index in [1.54, 1.807) is 11.8 Å². The van der Waals surface area contributed by atoms with Crippen LogP contribution in [0.1, 0.15) is 13.3 Å². The van der Waals surface area contributed by atoms with E-state index in [-0.39, 0.29) is 11.2 Å². The number of nitrogens with zero attached hydrogens (tertiary/aromatic N) is 2. The van der Waals surface area contributed by atoms with E-state index in [9.17, 15) is 4.79 Å². The molecule has 1 fully saturated rings. The summed E-state index contributed by atoms with van der Waals surface area (Å²) >= 11 is 1.61. The van der Waals surface area contributed by atoms with E-state index in [0.29, 0.717) is 0 Å². The summed E-state index contributed by atoms with van der Waals surface area (Å²) in [6, 6.07) is 20.7. The van der Waals surface area contributed by atoms with Gasteiger partial charge in [0.2, 0.25) is 5.91 Å². The van der Waals surface area contributed by atoms with Gasteiger partial charge in [0.05, 0.1) is 5.25 Å². The van der Waals surface area contributed by atoms with Gasteiger partial charge in [-0.25, -0.2) is 0 Å². The van der Waals surface area contributed by atoms with Gasteiger partial charge in [-0.15, -0.1) is 11.8 Å². The number of carbonyl (C=O) groups excluding carboxylic acids is 1. The number of carbonyl (C=O) groups is 1. The molecule has 4 nitrogen and oxygen atoms in total. The molecule has 27 heavy (non-hydrogen) atoms. The van der Waals surface area contributed by atoms with Crippen molar-refractivity contribution >= 4 is 23.4 Å². The van der Waals surface area contributed by atoms with E-state index in [1.165, 1.54) is 5.69 Å². The highest BCUT2D eigenvalue weighted by Crippen LogP contribution is 2.22. The number of anilines is 1. The molecule has 0 radical (unpaired) electrons. The molecule has 3 rings (SSSR count). The molecule has 0 aliphatic carbocycles. The van der Waals surface area contributed by atoms with Crippen molar-refractivity contribution in [2.24, 2.45) is 0 Å². The molecule has 144 valence electrons. The Hall–Kier alpha value is -1.98. The maximum atomic E-state index is 12.2. The molecule has 1 aliphatic heterocycles. The third kappa shape index (κ3) is 6.29. The van der Waals surface area contributed by atoms with E-state index in [4.69, 9.17) is 0 Å². The molecule has 1 N–H and O–H groups in total. The van der Waals surface area contributed by atoms with Gasteiger partial charge in [-0.1, -0.05) is 36.4 Å². The lowest BCUT2D eigenvalue weighted by Gasteiger charge is -2.36. The van der Waals surface area contributed by atoms with Crippen LogP contribution in [0.3, 0.4) is 0 Å². The first kappa shape index (κ1) is 19.8. The van der Waals surface area contributed by atoms with Crippen LogP contribution in [0, 0.1) is 0 Å². The number of piperazine rings is 1. The van der Waals surface area contributed by atoms with Crippen LogP contribution < -0.4 is 10.2 Å². The fourth-order valence-electron chi connectivity index (χ4n) is 3.28. The Balaban J connectivity index is 1.30. The Morgan fingerprint density at radius 1 is 1.00 bits per heavy atom. The SMILES string of the molecule is CC(Sc1ccccc1)C(=O)NCCCN1CCN(c2ccccc2)CC1. The summed E-state index contributed by atoms with van der Waals surface area (Å²) in [5.41, 5.74) is 1.31. The van der Waals surface area contributed by atoms with Crippen LogP contribution in [0.15, 0.2) is 65.6 Å². The van der Waals surface area contributed by atoms with Crippen molar-refractivity contribution in [3.05, 3.63) is 60.7 Å². The van der Waals surface area contributed by atoms with Crippen LogP contribution in [0.25, 0.3) is 0 Å².